The van der Waals surface area contributed by atoms with Crippen LogP contribution in [0.2, 0.25) is 0 Å². The molecule has 0 aliphatic carbocycles. The maximum absolute atomic E-state index is 8.84. The van der Waals surface area contributed by atoms with Crippen molar-refractivity contribution >= 4 is 25.4 Å². The molecule has 11 heavy (non-hydrogen) atoms. The summed E-state index contributed by atoms with van der Waals surface area (Å²) in [6.07, 6.45) is 0. The fourth-order valence-corrected chi connectivity index (χ4v) is 2.70. The molecule has 2 atom stereocenters. The minimum Gasteiger partial charge on any atom is -0.350 e. The van der Waals surface area contributed by atoms with Gasteiger partial charge in [-0.1, -0.05) is 0 Å². The Hall–Kier alpha value is 1.05. The Bertz CT molecular complexity index is 99.8. The lowest BCUT2D eigenvalue weighted by Crippen LogP contribution is -1.85. The zero-order valence-electron chi connectivity index (χ0n) is 5.65. The van der Waals surface area contributed by atoms with Crippen LogP contribution in [0.4, 0.5) is 0 Å². The quantitative estimate of drug-likeness (QED) is 0.503. The van der Waals surface area contributed by atoms with Crippen LogP contribution in [0, 0.1) is 0 Å². The molecule has 0 amide bonds. The fraction of sp³-hybridized carbons (Fsp3) is 1.00. The minimum atomic E-state index is -2.18. The molecule has 0 rings (SSSR count). The highest BCUT2D eigenvalue weighted by atomic mass is 31.2. The van der Waals surface area contributed by atoms with Crippen molar-refractivity contribution in [2.45, 2.75) is 0 Å². The van der Waals surface area contributed by atoms with E-state index in [4.69, 9.17) is 19.6 Å². The van der Waals surface area contributed by atoms with Gasteiger partial charge in [0.2, 0.25) is 0 Å². The monoisotopic (exact) mass is 222 g/mol. The molecule has 0 aliphatic heterocycles. The highest BCUT2D eigenvalue weighted by molar-refractivity contribution is 7.67. The standard InChI is InChI=1S/C2H9O6P3/c1-7-11(6)8-10(5)2-9(3)4/h3-6H,2H2,1H3. The first-order valence-corrected chi connectivity index (χ1v) is 6.35. The molecule has 0 saturated carbocycles. The molecule has 0 aromatic heterocycles. The van der Waals surface area contributed by atoms with Crippen LogP contribution in [0.5, 0.6) is 0 Å². The van der Waals surface area contributed by atoms with E-state index in [2.05, 4.69) is 8.83 Å². The van der Waals surface area contributed by atoms with Gasteiger partial charge in [-0.15, -0.1) is 0 Å². The van der Waals surface area contributed by atoms with Crippen molar-refractivity contribution in [3.63, 3.8) is 0 Å². The van der Waals surface area contributed by atoms with Crippen LogP contribution in [-0.2, 0) is 8.83 Å². The third-order valence-electron chi connectivity index (χ3n) is 0.568. The van der Waals surface area contributed by atoms with Crippen LogP contribution < -0.4 is 0 Å². The van der Waals surface area contributed by atoms with Gasteiger partial charge in [-0.05, 0) is 0 Å². The first kappa shape index (κ1) is 12.0. The number of hydrogen-bond acceptors (Lipinski definition) is 6. The van der Waals surface area contributed by atoms with Gasteiger partial charge < -0.3 is 24.1 Å². The predicted molar refractivity (Wildman–Crippen MR) is 42.6 cm³/mol. The first-order valence-electron chi connectivity index (χ1n) is 2.39. The van der Waals surface area contributed by atoms with Crippen LogP contribution >= 0.6 is 25.4 Å². The van der Waals surface area contributed by atoms with E-state index in [-0.39, 0.29) is 5.90 Å². The highest BCUT2D eigenvalue weighted by Gasteiger charge is 2.16. The van der Waals surface area contributed by atoms with Gasteiger partial charge in [0.25, 0.3) is 0 Å². The van der Waals surface area contributed by atoms with Gasteiger partial charge in [0.1, 0.15) is 0 Å². The molecule has 0 bridgehead atoms. The van der Waals surface area contributed by atoms with Crippen molar-refractivity contribution in [2.24, 2.45) is 0 Å². The molecule has 0 heterocycles. The van der Waals surface area contributed by atoms with E-state index in [0.29, 0.717) is 0 Å². The van der Waals surface area contributed by atoms with Crippen LogP contribution in [-0.4, -0.2) is 32.6 Å². The van der Waals surface area contributed by atoms with Crippen LogP contribution in [0.3, 0.4) is 0 Å². The Labute approximate surface area is 67.6 Å². The van der Waals surface area contributed by atoms with Crippen molar-refractivity contribution < 1.29 is 28.4 Å². The summed E-state index contributed by atoms with van der Waals surface area (Å²) in [5.41, 5.74) is 0. The SMILES string of the molecule is COP(O)OP(O)CP(O)O. The van der Waals surface area contributed by atoms with E-state index in [1.807, 2.05) is 0 Å². The van der Waals surface area contributed by atoms with Gasteiger partial charge in [0.05, 0.1) is 5.90 Å². The van der Waals surface area contributed by atoms with Crippen LogP contribution in [0.25, 0.3) is 0 Å². The number of hydrogen-bond donors (Lipinski definition) is 4. The molecular formula is C2H9O6P3. The smallest absolute Gasteiger partial charge is 0.335 e. The largest absolute Gasteiger partial charge is 0.350 e. The maximum atomic E-state index is 8.84. The lowest BCUT2D eigenvalue weighted by Gasteiger charge is -2.12. The van der Waals surface area contributed by atoms with E-state index in [1.165, 1.54) is 7.11 Å². The second kappa shape index (κ2) is 6.55. The van der Waals surface area contributed by atoms with Crippen LogP contribution in [0.15, 0.2) is 0 Å². The summed E-state index contributed by atoms with van der Waals surface area (Å²) in [5, 5.41) is 0. The highest BCUT2D eigenvalue weighted by Crippen LogP contribution is 2.53. The molecule has 68 valence electrons. The summed E-state index contributed by atoms with van der Waals surface area (Å²) in [7, 11) is -5.02. The third-order valence-corrected chi connectivity index (χ3v) is 4.17. The molecule has 0 spiro atoms. The van der Waals surface area contributed by atoms with E-state index in [0.717, 1.165) is 0 Å². The molecule has 4 N–H and O–H groups in total. The normalized spacial score (nSPS) is 16.9. The summed E-state index contributed by atoms with van der Waals surface area (Å²) >= 11 is 0. The van der Waals surface area contributed by atoms with Crippen molar-refractivity contribution in [3.8, 4) is 0 Å². The van der Waals surface area contributed by atoms with Crippen molar-refractivity contribution in [2.75, 3.05) is 13.0 Å². The molecule has 2 unspecified atom stereocenters. The number of rotatable bonds is 5. The minimum absolute atomic E-state index is 0.257. The maximum Gasteiger partial charge on any atom is 0.335 e. The Balaban J connectivity index is 3.43. The second-order valence-corrected chi connectivity index (χ2v) is 5.44. The summed E-state index contributed by atoms with van der Waals surface area (Å²) in [6, 6.07) is 0. The zero-order valence-corrected chi connectivity index (χ0v) is 8.34. The molecule has 6 nitrogen and oxygen atoms in total. The van der Waals surface area contributed by atoms with E-state index < -0.39 is 25.4 Å². The molecule has 0 aromatic carbocycles. The van der Waals surface area contributed by atoms with Crippen molar-refractivity contribution in [1.82, 2.24) is 0 Å². The van der Waals surface area contributed by atoms with Crippen molar-refractivity contribution in [1.29, 1.82) is 0 Å². The molecule has 0 radical (unpaired) electrons. The Morgan fingerprint density at radius 2 is 1.73 bits per heavy atom. The summed E-state index contributed by atoms with van der Waals surface area (Å²) in [4.78, 5) is 34.3. The van der Waals surface area contributed by atoms with Gasteiger partial charge in [0.15, 0.2) is 16.8 Å². The van der Waals surface area contributed by atoms with Gasteiger partial charge in [-0.2, -0.15) is 0 Å². The molecule has 0 aromatic rings. The summed E-state index contributed by atoms with van der Waals surface area (Å²) in [6.45, 7) is 0. The average molecular weight is 222 g/mol. The first-order chi connectivity index (χ1) is 5.06. The van der Waals surface area contributed by atoms with Gasteiger partial charge in [0, 0.05) is 7.11 Å². The van der Waals surface area contributed by atoms with E-state index in [9.17, 15) is 0 Å². The molecule has 0 fully saturated rings. The van der Waals surface area contributed by atoms with Crippen molar-refractivity contribution in [3.05, 3.63) is 0 Å². The van der Waals surface area contributed by atoms with Gasteiger partial charge in [-0.3, -0.25) is 4.31 Å². The van der Waals surface area contributed by atoms with Gasteiger partial charge >= 0.3 is 8.60 Å². The zero-order chi connectivity index (χ0) is 8.85. The lowest BCUT2D eigenvalue weighted by molar-refractivity contribution is 0.315. The Morgan fingerprint density at radius 1 is 1.18 bits per heavy atom. The summed E-state index contributed by atoms with van der Waals surface area (Å²) < 4.78 is 8.73. The third kappa shape index (κ3) is 7.41. The average Bonchev–Trinajstić information content (AvgIpc) is 1.85. The topological polar surface area (TPSA) is 99.4 Å². The van der Waals surface area contributed by atoms with Crippen LogP contribution in [0.1, 0.15) is 0 Å². The Morgan fingerprint density at radius 3 is 2.09 bits per heavy atom. The Kier molecular flexibility index (Phi) is 7.18. The lowest BCUT2D eigenvalue weighted by atomic mass is 11.8. The van der Waals surface area contributed by atoms with E-state index >= 15 is 0 Å². The van der Waals surface area contributed by atoms with Gasteiger partial charge in [-0.25, -0.2) is 0 Å². The second-order valence-electron chi connectivity index (χ2n) is 1.37. The predicted octanol–water partition coefficient (Wildman–Crippen LogP) is 0.427. The molecule has 9 heteroatoms. The van der Waals surface area contributed by atoms with E-state index in [1.54, 1.807) is 0 Å². The summed E-state index contributed by atoms with van der Waals surface area (Å²) in [5.74, 6) is -0.257. The molecule has 0 saturated heterocycles. The molecule has 0 aliphatic rings. The molecular weight excluding hydrogens is 213 g/mol. The fourth-order valence-electron chi connectivity index (χ4n) is 0.248.